The maximum absolute atomic E-state index is 5.29. The molecule has 1 heterocycles. The Morgan fingerprint density at radius 3 is 2.65 bits per heavy atom. The summed E-state index contributed by atoms with van der Waals surface area (Å²) in [5, 5.41) is 3.61. The van der Waals surface area contributed by atoms with Crippen LogP contribution in [0.1, 0.15) is 36.7 Å². The van der Waals surface area contributed by atoms with Gasteiger partial charge in [0.1, 0.15) is 0 Å². The van der Waals surface area contributed by atoms with E-state index in [0.29, 0.717) is 12.1 Å². The highest BCUT2D eigenvalue weighted by atomic mass is 16.5. The molecule has 2 rings (SSSR count). The fraction of sp³-hybridized carbons (Fsp3) is 0.714. The van der Waals surface area contributed by atoms with Crippen molar-refractivity contribution in [2.45, 2.75) is 58.8 Å². The van der Waals surface area contributed by atoms with Crippen molar-refractivity contribution in [3.8, 4) is 0 Å². The number of hydrogen-bond acceptors (Lipinski definition) is 2. The van der Waals surface area contributed by atoms with Gasteiger partial charge >= 0.3 is 0 Å². The van der Waals surface area contributed by atoms with E-state index < -0.39 is 0 Å². The molecular weight excluding hydrogens is 212 g/mol. The Morgan fingerprint density at radius 2 is 2.12 bits per heavy atom. The lowest BCUT2D eigenvalue weighted by molar-refractivity contribution is 0.0170. The van der Waals surface area contributed by atoms with Crippen LogP contribution in [-0.2, 0) is 17.8 Å². The minimum absolute atomic E-state index is 0.482. The van der Waals surface area contributed by atoms with Crippen LogP contribution in [0.15, 0.2) is 6.07 Å². The summed E-state index contributed by atoms with van der Waals surface area (Å²) in [5.41, 5.74) is 4.20. The summed E-state index contributed by atoms with van der Waals surface area (Å²) in [6.07, 6.45) is 2.79. The lowest BCUT2D eigenvalue weighted by Gasteiger charge is -2.34. The number of rotatable bonds is 5. The van der Waals surface area contributed by atoms with Crippen LogP contribution in [0.4, 0.5) is 0 Å². The summed E-state index contributed by atoms with van der Waals surface area (Å²) < 4.78 is 7.66. The normalized spacial score (nSPS) is 23.8. The molecular formula is C14H24N2O. The molecule has 0 bridgehead atoms. The van der Waals surface area contributed by atoms with Crippen molar-refractivity contribution in [2.24, 2.45) is 0 Å². The second-order valence-electron chi connectivity index (χ2n) is 5.05. The molecule has 1 aliphatic carbocycles. The van der Waals surface area contributed by atoms with E-state index in [2.05, 4.69) is 36.7 Å². The van der Waals surface area contributed by atoms with Crippen LogP contribution in [0.2, 0.25) is 0 Å². The van der Waals surface area contributed by atoms with E-state index in [1.165, 1.54) is 17.0 Å². The van der Waals surface area contributed by atoms with Gasteiger partial charge in [0.25, 0.3) is 0 Å². The highest BCUT2D eigenvalue weighted by Gasteiger charge is 2.28. The first-order valence-electron chi connectivity index (χ1n) is 6.57. The van der Waals surface area contributed by atoms with Crippen molar-refractivity contribution in [1.29, 1.82) is 0 Å². The monoisotopic (exact) mass is 236 g/mol. The Labute approximate surface area is 104 Å². The summed E-state index contributed by atoms with van der Waals surface area (Å²) in [6, 6.07) is 2.95. The first kappa shape index (κ1) is 12.7. The molecule has 17 heavy (non-hydrogen) atoms. The highest BCUT2D eigenvalue weighted by Crippen LogP contribution is 2.23. The zero-order chi connectivity index (χ0) is 12.4. The number of ether oxygens (including phenoxy) is 1. The van der Waals surface area contributed by atoms with Gasteiger partial charge < -0.3 is 14.6 Å². The van der Waals surface area contributed by atoms with E-state index in [9.17, 15) is 0 Å². The Balaban J connectivity index is 1.87. The summed E-state index contributed by atoms with van der Waals surface area (Å²) in [4.78, 5) is 0. The molecule has 0 unspecified atom stereocenters. The Kier molecular flexibility index (Phi) is 3.89. The second-order valence-corrected chi connectivity index (χ2v) is 5.05. The van der Waals surface area contributed by atoms with Crippen LogP contribution in [-0.4, -0.2) is 23.8 Å². The third kappa shape index (κ3) is 2.55. The van der Waals surface area contributed by atoms with Crippen molar-refractivity contribution >= 4 is 0 Å². The fourth-order valence-electron chi connectivity index (χ4n) is 2.72. The van der Waals surface area contributed by atoms with Crippen LogP contribution < -0.4 is 5.32 Å². The largest absolute Gasteiger partial charge is 0.381 e. The molecule has 0 aromatic carbocycles. The maximum Gasteiger partial charge on any atom is 0.0601 e. The molecule has 0 amide bonds. The van der Waals surface area contributed by atoms with Crippen molar-refractivity contribution in [3.05, 3.63) is 23.0 Å². The molecule has 1 aromatic rings. The number of nitrogens with one attached hydrogen (secondary N) is 1. The van der Waals surface area contributed by atoms with Gasteiger partial charge in [-0.3, -0.25) is 0 Å². The Bertz CT molecular complexity index is 378. The topological polar surface area (TPSA) is 26.2 Å². The molecule has 0 radical (unpaired) electrons. The lowest BCUT2D eigenvalue weighted by Crippen LogP contribution is -2.44. The maximum atomic E-state index is 5.29. The zero-order valence-corrected chi connectivity index (χ0v) is 11.4. The van der Waals surface area contributed by atoms with E-state index >= 15 is 0 Å². The minimum Gasteiger partial charge on any atom is -0.381 e. The van der Waals surface area contributed by atoms with Gasteiger partial charge in [-0.05, 0) is 45.2 Å². The average molecular weight is 236 g/mol. The van der Waals surface area contributed by atoms with E-state index in [4.69, 9.17) is 4.74 Å². The van der Waals surface area contributed by atoms with Gasteiger partial charge in [-0.15, -0.1) is 0 Å². The SMILES string of the molecule is CCn1c(C)cc(CNC2CC(OC)C2)c1C. The lowest BCUT2D eigenvalue weighted by atomic mass is 9.89. The molecule has 3 nitrogen and oxygen atoms in total. The van der Waals surface area contributed by atoms with Crippen molar-refractivity contribution in [2.75, 3.05) is 7.11 Å². The standard InChI is InChI=1S/C14H24N2O/c1-5-16-10(2)6-12(11(16)3)9-15-13-7-14(8-13)17-4/h6,13-15H,5,7-9H2,1-4H3. The average Bonchev–Trinajstić information content (AvgIpc) is 2.52. The molecule has 0 aliphatic heterocycles. The number of nitrogens with zero attached hydrogens (tertiary/aromatic N) is 1. The predicted molar refractivity (Wildman–Crippen MR) is 70.2 cm³/mol. The minimum atomic E-state index is 0.482. The number of hydrogen-bond donors (Lipinski definition) is 1. The molecule has 0 atom stereocenters. The summed E-state index contributed by atoms with van der Waals surface area (Å²) in [7, 11) is 1.80. The molecule has 3 heteroatoms. The molecule has 1 fully saturated rings. The molecule has 1 N–H and O–H groups in total. The van der Waals surface area contributed by atoms with Crippen molar-refractivity contribution < 1.29 is 4.74 Å². The van der Waals surface area contributed by atoms with Gasteiger partial charge in [0, 0.05) is 37.6 Å². The third-order valence-corrected chi connectivity index (χ3v) is 4.00. The number of aryl methyl sites for hydroxylation is 1. The molecule has 1 saturated carbocycles. The smallest absolute Gasteiger partial charge is 0.0601 e. The van der Waals surface area contributed by atoms with Crippen molar-refractivity contribution in [1.82, 2.24) is 9.88 Å². The van der Waals surface area contributed by atoms with Crippen LogP contribution in [0.3, 0.4) is 0 Å². The molecule has 96 valence electrons. The Hall–Kier alpha value is -0.800. The van der Waals surface area contributed by atoms with Crippen LogP contribution in [0, 0.1) is 13.8 Å². The molecule has 1 aliphatic rings. The zero-order valence-electron chi connectivity index (χ0n) is 11.4. The fourth-order valence-corrected chi connectivity index (χ4v) is 2.72. The van der Waals surface area contributed by atoms with E-state index in [0.717, 1.165) is 25.9 Å². The number of methoxy groups -OCH3 is 1. The van der Waals surface area contributed by atoms with Gasteiger partial charge in [-0.1, -0.05) is 0 Å². The summed E-state index contributed by atoms with van der Waals surface area (Å²) >= 11 is 0. The van der Waals surface area contributed by atoms with E-state index in [1.807, 2.05) is 0 Å². The molecule has 1 aromatic heterocycles. The number of aromatic nitrogens is 1. The first-order valence-corrected chi connectivity index (χ1v) is 6.57. The van der Waals surface area contributed by atoms with Crippen LogP contribution in [0.5, 0.6) is 0 Å². The highest BCUT2D eigenvalue weighted by molar-refractivity contribution is 5.26. The van der Waals surface area contributed by atoms with Gasteiger partial charge in [-0.2, -0.15) is 0 Å². The van der Waals surface area contributed by atoms with E-state index in [1.54, 1.807) is 7.11 Å². The van der Waals surface area contributed by atoms with Gasteiger partial charge in [-0.25, -0.2) is 0 Å². The quantitative estimate of drug-likeness (QED) is 0.849. The molecule has 0 saturated heterocycles. The van der Waals surface area contributed by atoms with Crippen LogP contribution in [0.25, 0.3) is 0 Å². The first-order chi connectivity index (χ1) is 8.15. The van der Waals surface area contributed by atoms with Crippen molar-refractivity contribution in [3.63, 3.8) is 0 Å². The molecule has 0 spiro atoms. The van der Waals surface area contributed by atoms with Gasteiger partial charge in [0.15, 0.2) is 0 Å². The predicted octanol–water partition coefficient (Wildman–Crippen LogP) is 2.39. The second kappa shape index (κ2) is 5.23. The van der Waals surface area contributed by atoms with Crippen LogP contribution >= 0.6 is 0 Å². The Morgan fingerprint density at radius 1 is 1.41 bits per heavy atom. The summed E-state index contributed by atoms with van der Waals surface area (Å²) in [6.45, 7) is 8.65. The van der Waals surface area contributed by atoms with E-state index in [-0.39, 0.29) is 0 Å². The third-order valence-electron chi connectivity index (χ3n) is 4.00. The van der Waals surface area contributed by atoms with Gasteiger partial charge in [0.2, 0.25) is 0 Å². The summed E-state index contributed by atoms with van der Waals surface area (Å²) in [5.74, 6) is 0. The van der Waals surface area contributed by atoms with Gasteiger partial charge in [0.05, 0.1) is 6.10 Å².